The van der Waals surface area contributed by atoms with Gasteiger partial charge in [-0.3, -0.25) is 9.69 Å². The average Bonchev–Trinajstić information content (AvgIpc) is 2.61. The van der Waals surface area contributed by atoms with Gasteiger partial charge in [-0.05, 0) is 49.2 Å². The Hall–Kier alpha value is -2.82. The molecule has 0 aromatic heterocycles. The molecule has 0 fully saturated rings. The van der Waals surface area contributed by atoms with Gasteiger partial charge in [0.1, 0.15) is 0 Å². The van der Waals surface area contributed by atoms with Crippen LogP contribution in [0.15, 0.2) is 53.7 Å². The molecule has 2 aromatic rings. The van der Waals surface area contributed by atoms with Crippen LogP contribution < -0.4 is 4.90 Å². The van der Waals surface area contributed by atoms with Gasteiger partial charge in [-0.2, -0.15) is 0 Å². The molecule has 1 heterocycles. The first-order valence-corrected chi connectivity index (χ1v) is 8.35. The highest BCUT2D eigenvalue weighted by Gasteiger charge is 2.32. The fourth-order valence-corrected chi connectivity index (χ4v) is 2.78. The highest BCUT2D eigenvalue weighted by Crippen LogP contribution is 2.21. The fourth-order valence-electron chi connectivity index (χ4n) is 2.78. The smallest absolute Gasteiger partial charge is 0.272 e. The topological polar surface area (TPSA) is 45.1 Å². The number of hydrogen-bond donors (Lipinski definition) is 0. The zero-order chi connectivity index (χ0) is 18.0. The Kier molecular flexibility index (Phi) is 4.74. The molecular weight excluding hydrogens is 314 g/mol. The number of nitrogens with zero attached hydrogens (tertiary/aromatic N) is 3. The lowest BCUT2D eigenvalue weighted by molar-refractivity contribution is -0.142. The summed E-state index contributed by atoms with van der Waals surface area (Å²) in [6, 6.07) is 16.0. The third-order valence-corrected chi connectivity index (χ3v) is 4.40. The van der Waals surface area contributed by atoms with Crippen molar-refractivity contribution in [2.45, 2.75) is 26.5 Å². The normalized spacial score (nSPS) is 17.1. The van der Waals surface area contributed by atoms with Crippen molar-refractivity contribution in [1.29, 1.82) is 0 Å². The highest BCUT2D eigenvalue weighted by atomic mass is 16.6. The van der Waals surface area contributed by atoms with Crippen LogP contribution in [-0.4, -0.2) is 36.8 Å². The predicted octanol–water partition coefficient (Wildman–Crippen LogP) is 3.17. The van der Waals surface area contributed by atoms with E-state index in [0.717, 1.165) is 22.4 Å². The Balaban J connectivity index is 1.95. The van der Waals surface area contributed by atoms with E-state index in [1.54, 1.807) is 11.8 Å². The van der Waals surface area contributed by atoms with Crippen molar-refractivity contribution in [1.82, 2.24) is 4.90 Å². The third-order valence-electron chi connectivity index (χ3n) is 4.40. The van der Waals surface area contributed by atoms with Gasteiger partial charge < -0.3 is 9.74 Å². The Bertz CT molecular complexity index is 797. The van der Waals surface area contributed by atoms with Crippen molar-refractivity contribution in [3.63, 3.8) is 0 Å². The molecule has 5 nitrogen and oxygen atoms in total. The number of oxime groups is 1. The van der Waals surface area contributed by atoms with E-state index in [4.69, 9.17) is 4.84 Å². The van der Waals surface area contributed by atoms with Gasteiger partial charge in [0.15, 0.2) is 5.84 Å². The maximum atomic E-state index is 12.7. The van der Waals surface area contributed by atoms with Gasteiger partial charge in [-0.1, -0.05) is 29.4 Å². The minimum Gasteiger partial charge on any atom is -0.381 e. The Morgan fingerprint density at radius 1 is 1.12 bits per heavy atom. The molecule has 1 atom stereocenters. The van der Waals surface area contributed by atoms with Gasteiger partial charge in [0.25, 0.3) is 5.91 Å². The number of benzene rings is 2. The lowest BCUT2D eigenvalue weighted by Crippen LogP contribution is -2.46. The van der Waals surface area contributed by atoms with Gasteiger partial charge in [-0.15, -0.1) is 0 Å². The lowest BCUT2D eigenvalue weighted by Gasteiger charge is -2.30. The molecule has 25 heavy (non-hydrogen) atoms. The quantitative estimate of drug-likeness (QED) is 0.861. The summed E-state index contributed by atoms with van der Waals surface area (Å²) in [5, 5.41) is 4.22. The zero-order valence-corrected chi connectivity index (χ0v) is 15.1. The molecule has 0 aliphatic carbocycles. The van der Waals surface area contributed by atoms with Crippen molar-refractivity contribution < 1.29 is 9.63 Å². The molecule has 1 aliphatic heterocycles. The van der Waals surface area contributed by atoms with Crippen LogP contribution in [0.1, 0.15) is 23.6 Å². The van der Waals surface area contributed by atoms with E-state index in [2.05, 4.69) is 5.16 Å². The number of hydrogen-bond acceptors (Lipinski definition) is 4. The molecule has 1 aliphatic rings. The summed E-state index contributed by atoms with van der Waals surface area (Å²) in [5.41, 5.74) is 4.20. The first-order chi connectivity index (χ1) is 12.0. The summed E-state index contributed by atoms with van der Waals surface area (Å²) >= 11 is 0. The standard InChI is InChI=1S/C20H23N3O2/c1-14-7-5-6-8-17(14)13-23-19(21-25-15(2)20(23)24)16-9-11-18(12-10-16)22(3)4/h5-12,15H,13H2,1-4H3. The second kappa shape index (κ2) is 6.97. The number of anilines is 1. The van der Waals surface area contributed by atoms with E-state index >= 15 is 0 Å². The van der Waals surface area contributed by atoms with Crippen molar-refractivity contribution in [3.05, 3.63) is 65.2 Å². The van der Waals surface area contributed by atoms with Crippen LogP contribution in [0.5, 0.6) is 0 Å². The second-order valence-electron chi connectivity index (χ2n) is 6.45. The summed E-state index contributed by atoms with van der Waals surface area (Å²) in [7, 11) is 3.98. The molecule has 0 bridgehead atoms. The predicted molar refractivity (Wildman–Crippen MR) is 99.6 cm³/mol. The maximum Gasteiger partial charge on any atom is 0.272 e. The maximum absolute atomic E-state index is 12.7. The molecule has 0 N–H and O–H groups in total. The van der Waals surface area contributed by atoms with Crippen LogP contribution >= 0.6 is 0 Å². The molecule has 3 rings (SSSR count). The van der Waals surface area contributed by atoms with E-state index in [9.17, 15) is 4.79 Å². The average molecular weight is 337 g/mol. The Morgan fingerprint density at radius 2 is 1.80 bits per heavy atom. The summed E-state index contributed by atoms with van der Waals surface area (Å²) in [6.07, 6.45) is -0.575. The van der Waals surface area contributed by atoms with Crippen LogP contribution in [0.25, 0.3) is 0 Å². The number of carbonyl (C=O) groups is 1. The molecule has 5 heteroatoms. The number of amidine groups is 1. The molecule has 1 unspecified atom stereocenters. The number of carbonyl (C=O) groups excluding carboxylic acids is 1. The molecule has 0 saturated heterocycles. The monoisotopic (exact) mass is 337 g/mol. The molecule has 130 valence electrons. The zero-order valence-electron chi connectivity index (χ0n) is 15.1. The summed E-state index contributed by atoms with van der Waals surface area (Å²) in [5.74, 6) is 0.474. The molecule has 0 saturated carbocycles. The number of aryl methyl sites for hydroxylation is 1. The Labute approximate surface area is 148 Å². The van der Waals surface area contributed by atoms with Crippen LogP contribution in [0.3, 0.4) is 0 Å². The summed E-state index contributed by atoms with van der Waals surface area (Å²) in [4.78, 5) is 21.8. The van der Waals surface area contributed by atoms with E-state index in [1.165, 1.54) is 0 Å². The van der Waals surface area contributed by atoms with Crippen LogP contribution in [0.2, 0.25) is 0 Å². The summed E-state index contributed by atoms with van der Waals surface area (Å²) in [6.45, 7) is 4.25. The molecule has 0 spiro atoms. The number of rotatable bonds is 4. The lowest BCUT2D eigenvalue weighted by atomic mass is 10.1. The van der Waals surface area contributed by atoms with Crippen molar-refractivity contribution >= 4 is 17.4 Å². The minimum atomic E-state index is -0.575. The molecule has 0 radical (unpaired) electrons. The van der Waals surface area contributed by atoms with Crippen LogP contribution in [0, 0.1) is 6.92 Å². The Morgan fingerprint density at radius 3 is 2.44 bits per heavy atom. The van der Waals surface area contributed by atoms with Gasteiger partial charge in [0.2, 0.25) is 6.10 Å². The van der Waals surface area contributed by atoms with E-state index in [-0.39, 0.29) is 5.91 Å². The molecule has 1 amide bonds. The second-order valence-corrected chi connectivity index (χ2v) is 6.45. The minimum absolute atomic E-state index is 0.0788. The van der Waals surface area contributed by atoms with Crippen molar-refractivity contribution in [2.24, 2.45) is 5.16 Å². The highest BCUT2D eigenvalue weighted by molar-refractivity contribution is 6.09. The van der Waals surface area contributed by atoms with Crippen LogP contribution in [0.4, 0.5) is 5.69 Å². The fraction of sp³-hybridized carbons (Fsp3) is 0.300. The van der Waals surface area contributed by atoms with Gasteiger partial charge in [0, 0.05) is 25.3 Å². The summed E-state index contributed by atoms with van der Waals surface area (Å²) < 4.78 is 0. The van der Waals surface area contributed by atoms with Crippen molar-refractivity contribution in [3.8, 4) is 0 Å². The van der Waals surface area contributed by atoms with E-state index < -0.39 is 6.10 Å². The largest absolute Gasteiger partial charge is 0.381 e. The van der Waals surface area contributed by atoms with E-state index in [1.807, 2.05) is 74.4 Å². The van der Waals surface area contributed by atoms with E-state index in [0.29, 0.717) is 12.4 Å². The van der Waals surface area contributed by atoms with Gasteiger partial charge in [-0.25, -0.2) is 0 Å². The van der Waals surface area contributed by atoms with Crippen molar-refractivity contribution in [2.75, 3.05) is 19.0 Å². The first kappa shape index (κ1) is 17.0. The van der Waals surface area contributed by atoms with Gasteiger partial charge in [0.05, 0.1) is 6.54 Å². The van der Waals surface area contributed by atoms with Crippen LogP contribution in [-0.2, 0) is 16.2 Å². The number of amides is 1. The SMILES string of the molecule is Cc1ccccc1CN1C(=O)C(C)ON=C1c1ccc(N(C)C)cc1. The van der Waals surface area contributed by atoms with Gasteiger partial charge >= 0.3 is 0 Å². The molecular formula is C20H23N3O2. The molecule has 2 aromatic carbocycles. The first-order valence-electron chi connectivity index (χ1n) is 8.35. The third kappa shape index (κ3) is 3.50.